The van der Waals surface area contributed by atoms with Crippen LogP contribution in [0.15, 0.2) is 23.1 Å². The molecule has 108 valence electrons. The Labute approximate surface area is 115 Å². The molecule has 1 rings (SSSR count). The molecule has 0 radical (unpaired) electrons. The van der Waals surface area contributed by atoms with Crippen molar-refractivity contribution in [3.8, 4) is 5.75 Å². The second-order valence-corrected chi connectivity index (χ2v) is 6.13. The van der Waals surface area contributed by atoms with E-state index in [0.717, 1.165) is 6.42 Å². The molecule has 1 aromatic rings. The molecular weight excluding hydrogens is 264 g/mol. The molecule has 0 saturated heterocycles. The van der Waals surface area contributed by atoms with Crippen LogP contribution in [0.3, 0.4) is 0 Å². The van der Waals surface area contributed by atoms with Crippen LogP contribution < -0.4 is 15.2 Å². The highest BCUT2D eigenvalue weighted by Gasteiger charge is 2.20. The largest absolute Gasteiger partial charge is 0.497 e. The average Bonchev–Trinajstić information content (AvgIpc) is 2.38. The smallest absolute Gasteiger partial charge is 0.241 e. The Morgan fingerprint density at radius 2 is 2.11 bits per heavy atom. The topological polar surface area (TPSA) is 81.4 Å². The molecule has 0 aromatic heterocycles. The van der Waals surface area contributed by atoms with Crippen molar-refractivity contribution < 1.29 is 13.2 Å². The van der Waals surface area contributed by atoms with E-state index in [1.165, 1.54) is 0 Å². The molecule has 6 heteroatoms. The maximum absolute atomic E-state index is 12.3. The molecule has 0 amide bonds. The lowest BCUT2D eigenvalue weighted by molar-refractivity contribution is 0.413. The number of benzene rings is 1. The van der Waals surface area contributed by atoms with Crippen molar-refractivity contribution in [2.75, 3.05) is 13.7 Å². The van der Waals surface area contributed by atoms with Crippen LogP contribution in [0, 0.1) is 0 Å². The molecule has 0 heterocycles. The SMILES string of the molecule is CCC(C)NS(=O)(=O)c1ccc(OC)cc1CCN. The summed E-state index contributed by atoms with van der Waals surface area (Å²) in [4.78, 5) is 0.277. The van der Waals surface area contributed by atoms with E-state index in [9.17, 15) is 8.42 Å². The van der Waals surface area contributed by atoms with Crippen molar-refractivity contribution in [2.45, 2.75) is 37.6 Å². The zero-order valence-electron chi connectivity index (χ0n) is 11.6. The van der Waals surface area contributed by atoms with Gasteiger partial charge in [0.25, 0.3) is 0 Å². The van der Waals surface area contributed by atoms with E-state index in [0.29, 0.717) is 24.3 Å². The van der Waals surface area contributed by atoms with Gasteiger partial charge < -0.3 is 10.5 Å². The van der Waals surface area contributed by atoms with Crippen LogP contribution in [0.4, 0.5) is 0 Å². The zero-order chi connectivity index (χ0) is 14.5. The molecule has 1 aromatic carbocycles. The predicted octanol–water partition coefficient (Wildman–Crippen LogP) is 1.27. The molecule has 1 atom stereocenters. The van der Waals surface area contributed by atoms with E-state index in [4.69, 9.17) is 10.5 Å². The number of sulfonamides is 1. The molecule has 3 N–H and O–H groups in total. The van der Waals surface area contributed by atoms with Crippen LogP contribution in [0.5, 0.6) is 5.75 Å². The number of hydrogen-bond donors (Lipinski definition) is 2. The molecule has 0 aliphatic heterocycles. The summed E-state index contributed by atoms with van der Waals surface area (Å²) >= 11 is 0. The Bertz CT molecular complexity index is 515. The number of nitrogens with two attached hydrogens (primary N) is 1. The standard InChI is InChI=1S/C13H22N2O3S/c1-4-10(2)15-19(16,17)13-6-5-12(18-3)9-11(13)7-8-14/h5-6,9-10,15H,4,7-8,14H2,1-3H3. The van der Waals surface area contributed by atoms with E-state index in [1.807, 2.05) is 13.8 Å². The maximum atomic E-state index is 12.3. The summed E-state index contributed by atoms with van der Waals surface area (Å²) in [5, 5.41) is 0. The fourth-order valence-electron chi connectivity index (χ4n) is 1.71. The summed E-state index contributed by atoms with van der Waals surface area (Å²) in [6.07, 6.45) is 1.23. The summed E-state index contributed by atoms with van der Waals surface area (Å²) in [7, 11) is -1.96. The zero-order valence-corrected chi connectivity index (χ0v) is 12.5. The maximum Gasteiger partial charge on any atom is 0.241 e. The van der Waals surface area contributed by atoms with Gasteiger partial charge in [0, 0.05) is 6.04 Å². The first-order valence-electron chi connectivity index (χ1n) is 6.34. The highest BCUT2D eigenvalue weighted by molar-refractivity contribution is 7.89. The monoisotopic (exact) mass is 286 g/mol. The van der Waals surface area contributed by atoms with Gasteiger partial charge in [0.1, 0.15) is 5.75 Å². The Hall–Kier alpha value is -1.11. The van der Waals surface area contributed by atoms with Gasteiger partial charge in [0.05, 0.1) is 12.0 Å². The molecule has 0 saturated carbocycles. The highest BCUT2D eigenvalue weighted by Crippen LogP contribution is 2.22. The Morgan fingerprint density at radius 3 is 2.63 bits per heavy atom. The van der Waals surface area contributed by atoms with Crippen LogP contribution in [0.2, 0.25) is 0 Å². The highest BCUT2D eigenvalue weighted by atomic mass is 32.2. The molecule has 0 aliphatic rings. The number of hydrogen-bond acceptors (Lipinski definition) is 4. The molecule has 5 nitrogen and oxygen atoms in total. The van der Waals surface area contributed by atoms with E-state index >= 15 is 0 Å². The fraction of sp³-hybridized carbons (Fsp3) is 0.538. The summed E-state index contributed by atoms with van der Waals surface area (Å²) in [6.45, 7) is 4.16. The Balaban J connectivity index is 3.17. The molecule has 19 heavy (non-hydrogen) atoms. The lowest BCUT2D eigenvalue weighted by atomic mass is 10.1. The molecule has 0 aliphatic carbocycles. The lowest BCUT2D eigenvalue weighted by Crippen LogP contribution is -2.32. The van der Waals surface area contributed by atoms with Crippen LogP contribution in [0.1, 0.15) is 25.8 Å². The summed E-state index contributed by atoms with van der Waals surface area (Å²) < 4.78 is 32.4. The number of rotatable bonds is 7. The van der Waals surface area contributed by atoms with Crippen LogP contribution in [-0.4, -0.2) is 28.1 Å². The Morgan fingerprint density at radius 1 is 1.42 bits per heavy atom. The van der Waals surface area contributed by atoms with Crippen molar-refractivity contribution in [3.05, 3.63) is 23.8 Å². The van der Waals surface area contributed by atoms with Gasteiger partial charge in [-0.15, -0.1) is 0 Å². The summed E-state index contributed by atoms with van der Waals surface area (Å²) in [6, 6.07) is 4.83. The van der Waals surface area contributed by atoms with Crippen molar-refractivity contribution in [1.82, 2.24) is 4.72 Å². The first-order chi connectivity index (χ1) is 8.94. The van der Waals surface area contributed by atoms with Gasteiger partial charge in [0.15, 0.2) is 0 Å². The lowest BCUT2D eigenvalue weighted by Gasteiger charge is -2.15. The van der Waals surface area contributed by atoms with Crippen LogP contribution >= 0.6 is 0 Å². The van der Waals surface area contributed by atoms with Gasteiger partial charge in [-0.3, -0.25) is 0 Å². The van der Waals surface area contributed by atoms with Gasteiger partial charge in [-0.1, -0.05) is 6.92 Å². The molecule has 0 bridgehead atoms. The fourth-order valence-corrected chi connectivity index (χ4v) is 3.28. The second-order valence-electron chi connectivity index (χ2n) is 4.44. The van der Waals surface area contributed by atoms with Crippen LogP contribution in [-0.2, 0) is 16.4 Å². The van der Waals surface area contributed by atoms with E-state index in [2.05, 4.69) is 4.72 Å². The minimum atomic E-state index is -3.51. The summed E-state index contributed by atoms with van der Waals surface area (Å²) in [5.41, 5.74) is 6.21. The third-order valence-corrected chi connectivity index (χ3v) is 4.63. The number of nitrogens with one attached hydrogen (secondary N) is 1. The van der Waals surface area contributed by atoms with E-state index in [-0.39, 0.29) is 10.9 Å². The molecular formula is C13H22N2O3S. The van der Waals surface area contributed by atoms with Crippen molar-refractivity contribution in [2.24, 2.45) is 5.73 Å². The molecule has 1 unspecified atom stereocenters. The minimum Gasteiger partial charge on any atom is -0.497 e. The predicted molar refractivity (Wildman–Crippen MR) is 75.8 cm³/mol. The van der Waals surface area contributed by atoms with Crippen LogP contribution in [0.25, 0.3) is 0 Å². The van der Waals surface area contributed by atoms with E-state index in [1.54, 1.807) is 25.3 Å². The first-order valence-corrected chi connectivity index (χ1v) is 7.82. The average molecular weight is 286 g/mol. The normalized spacial score (nSPS) is 13.3. The van der Waals surface area contributed by atoms with Crippen molar-refractivity contribution in [1.29, 1.82) is 0 Å². The number of ether oxygens (including phenoxy) is 1. The summed E-state index contributed by atoms with van der Waals surface area (Å²) in [5.74, 6) is 0.630. The van der Waals surface area contributed by atoms with Gasteiger partial charge >= 0.3 is 0 Å². The van der Waals surface area contributed by atoms with Gasteiger partial charge in [-0.2, -0.15) is 0 Å². The Kier molecular flexibility index (Phi) is 5.78. The number of methoxy groups -OCH3 is 1. The second kappa shape index (κ2) is 6.88. The molecule has 0 fully saturated rings. The van der Waals surface area contributed by atoms with Crippen molar-refractivity contribution >= 4 is 10.0 Å². The van der Waals surface area contributed by atoms with Gasteiger partial charge in [0.2, 0.25) is 10.0 Å². The minimum absolute atomic E-state index is 0.0992. The third-order valence-electron chi connectivity index (χ3n) is 2.94. The first kappa shape index (κ1) is 15.9. The van der Waals surface area contributed by atoms with Crippen molar-refractivity contribution in [3.63, 3.8) is 0 Å². The quantitative estimate of drug-likeness (QED) is 0.791. The third kappa shape index (κ3) is 4.19. The van der Waals surface area contributed by atoms with Gasteiger partial charge in [-0.05, 0) is 50.1 Å². The van der Waals surface area contributed by atoms with E-state index < -0.39 is 10.0 Å². The van der Waals surface area contributed by atoms with Gasteiger partial charge in [-0.25, -0.2) is 13.1 Å². The molecule has 0 spiro atoms.